The van der Waals surface area contributed by atoms with Gasteiger partial charge in [-0.3, -0.25) is 0 Å². The highest BCUT2D eigenvalue weighted by molar-refractivity contribution is 6.17. The average Bonchev–Trinajstić information content (AvgIpc) is 2.18. The van der Waals surface area contributed by atoms with E-state index in [2.05, 4.69) is 0 Å². The van der Waals surface area contributed by atoms with Gasteiger partial charge in [0.05, 0.1) is 11.8 Å². The third kappa shape index (κ3) is 2.08. The number of rotatable bonds is 3. The number of halogens is 2. The van der Waals surface area contributed by atoms with E-state index in [0.29, 0.717) is 11.6 Å². The molecule has 1 heterocycles. The summed E-state index contributed by atoms with van der Waals surface area (Å²) in [6.07, 6.45) is 0.233. The van der Waals surface area contributed by atoms with E-state index >= 15 is 0 Å². The molecular formula is C11H13ClFNO. The van der Waals surface area contributed by atoms with Gasteiger partial charge in [0.2, 0.25) is 0 Å². The lowest BCUT2D eigenvalue weighted by molar-refractivity contribution is 0.0784. The Morgan fingerprint density at radius 2 is 2.27 bits per heavy atom. The van der Waals surface area contributed by atoms with Gasteiger partial charge in [-0.1, -0.05) is 6.07 Å². The Morgan fingerprint density at radius 1 is 1.53 bits per heavy atom. The Hall–Kier alpha value is -0.800. The summed E-state index contributed by atoms with van der Waals surface area (Å²) < 4.78 is 18.7. The molecule has 2 nitrogen and oxygen atoms in total. The van der Waals surface area contributed by atoms with Crippen LogP contribution < -0.4 is 4.90 Å². The second kappa shape index (κ2) is 4.37. The molecule has 0 spiro atoms. The van der Waals surface area contributed by atoms with Gasteiger partial charge in [0.25, 0.3) is 0 Å². The number of ether oxygens (including phenoxy) is 1. The molecule has 1 aliphatic heterocycles. The first-order valence-corrected chi connectivity index (χ1v) is 5.40. The van der Waals surface area contributed by atoms with Crippen LogP contribution in [0.25, 0.3) is 0 Å². The first-order chi connectivity index (χ1) is 7.24. The highest BCUT2D eigenvalue weighted by atomic mass is 35.5. The SMILES string of the molecule is COC1CN(c2ccc(CCl)cc2F)C1. The fourth-order valence-corrected chi connectivity index (χ4v) is 1.84. The van der Waals surface area contributed by atoms with Crippen molar-refractivity contribution in [3.63, 3.8) is 0 Å². The third-order valence-corrected chi connectivity index (χ3v) is 3.00. The molecule has 0 bridgehead atoms. The monoisotopic (exact) mass is 229 g/mol. The topological polar surface area (TPSA) is 12.5 Å². The maximum absolute atomic E-state index is 13.6. The fraction of sp³-hybridized carbons (Fsp3) is 0.455. The van der Waals surface area contributed by atoms with Gasteiger partial charge in [-0.05, 0) is 17.7 Å². The lowest BCUT2D eigenvalue weighted by Crippen LogP contribution is -2.52. The van der Waals surface area contributed by atoms with Crippen LogP contribution in [0.2, 0.25) is 0 Å². The van der Waals surface area contributed by atoms with Crippen LogP contribution in [-0.4, -0.2) is 26.3 Å². The molecule has 82 valence electrons. The summed E-state index contributed by atoms with van der Waals surface area (Å²) in [6, 6.07) is 5.12. The van der Waals surface area contributed by atoms with Gasteiger partial charge in [0.1, 0.15) is 5.82 Å². The molecular weight excluding hydrogens is 217 g/mol. The van der Waals surface area contributed by atoms with Crippen molar-refractivity contribution in [2.75, 3.05) is 25.1 Å². The van der Waals surface area contributed by atoms with Gasteiger partial charge < -0.3 is 9.64 Å². The minimum absolute atomic E-state index is 0.206. The van der Waals surface area contributed by atoms with Crippen molar-refractivity contribution in [1.82, 2.24) is 0 Å². The predicted molar refractivity (Wildman–Crippen MR) is 59.0 cm³/mol. The minimum atomic E-state index is -0.206. The second-order valence-corrected chi connectivity index (χ2v) is 3.95. The second-order valence-electron chi connectivity index (χ2n) is 3.68. The fourth-order valence-electron chi connectivity index (χ4n) is 1.67. The summed E-state index contributed by atoms with van der Waals surface area (Å²) in [5, 5.41) is 0. The van der Waals surface area contributed by atoms with Crippen LogP contribution in [0.4, 0.5) is 10.1 Å². The van der Waals surface area contributed by atoms with E-state index in [1.54, 1.807) is 13.2 Å². The highest BCUT2D eigenvalue weighted by Gasteiger charge is 2.28. The van der Waals surface area contributed by atoms with Crippen molar-refractivity contribution >= 4 is 17.3 Å². The van der Waals surface area contributed by atoms with E-state index in [-0.39, 0.29) is 11.9 Å². The number of hydrogen-bond donors (Lipinski definition) is 0. The van der Waals surface area contributed by atoms with Crippen LogP contribution in [0.15, 0.2) is 18.2 Å². The number of benzene rings is 1. The summed E-state index contributed by atoms with van der Waals surface area (Å²) >= 11 is 5.62. The summed E-state index contributed by atoms with van der Waals surface area (Å²) in [5.41, 5.74) is 1.44. The van der Waals surface area contributed by atoms with Gasteiger partial charge in [-0.15, -0.1) is 11.6 Å². The maximum Gasteiger partial charge on any atom is 0.146 e. The number of anilines is 1. The Bertz CT molecular complexity index is 352. The van der Waals surface area contributed by atoms with Crippen LogP contribution in [0.1, 0.15) is 5.56 Å². The molecule has 0 radical (unpaired) electrons. The van der Waals surface area contributed by atoms with Crippen LogP contribution in [-0.2, 0) is 10.6 Å². The molecule has 1 aliphatic rings. The van der Waals surface area contributed by atoms with E-state index in [1.165, 1.54) is 6.07 Å². The molecule has 0 aliphatic carbocycles. The summed E-state index contributed by atoms with van der Waals surface area (Å²) in [7, 11) is 1.68. The zero-order valence-corrected chi connectivity index (χ0v) is 9.30. The first kappa shape index (κ1) is 10.7. The van der Waals surface area contributed by atoms with E-state index in [1.807, 2.05) is 11.0 Å². The number of nitrogens with zero attached hydrogens (tertiary/aromatic N) is 1. The molecule has 0 N–H and O–H groups in total. The maximum atomic E-state index is 13.6. The Labute approximate surface area is 93.6 Å². The van der Waals surface area contributed by atoms with Crippen molar-refractivity contribution < 1.29 is 9.13 Å². The standard InChI is InChI=1S/C11H13ClFNO/c1-15-9-6-14(7-9)11-3-2-8(5-12)4-10(11)13/h2-4,9H,5-7H2,1H3. The molecule has 0 amide bonds. The Balaban J connectivity index is 2.10. The number of methoxy groups -OCH3 is 1. The molecule has 1 aromatic rings. The molecule has 0 atom stereocenters. The normalized spacial score (nSPS) is 16.6. The quantitative estimate of drug-likeness (QED) is 0.738. The summed E-state index contributed by atoms with van der Waals surface area (Å²) in [6.45, 7) is 1.52. The minimum Gasteiger partial charge on any atom is -0.378 e. The summed E-state index contributed by atoms with van der Waals surface area (Å²) in [5.74, 6) is 0.139. The Kier molecular flexibility index (Phi) is 3.12. The molecule has 0 unspecified atom stereocenters. The first-order valence-electron chi connectivity index (χ1n) is 4.86. The van der Waals surface area contributed by atoms with E-state index in [4.69, 9.17) is 16.3 Å². The molecule has 0 aromatic heterocycles. The van der Waals surface area contributed by atoms with Crippen LogP contribution >= 0.6 is 11.6 Å². The van der Waals surface area contributed by atoms with Crippen molar-refractivity contribution in [3.8, 4) is 0 Å². The lowest BCUT2D eigenvalue weighted by atomic mass is 10.1. The largest absolute Gasteiger partial charge is 0.378 e. The van der Waals surface area contributed by atoms with Gasteiger partial charge >= 0.3 is 0 Å². The van der Waals surface area contributed by atoms with Crippen molar-refractivity contribution in [2.24, 2.45) is 0 Å². The molecule has 15 heavy (non-hydrogen) atoms. The van der Waals surface area contributed by atoms with Crippen LogP contribution in [0.5, 0.6) is 0 Å². The summed E-state index contributed by atoms with van der Waals surface area (Å²) in [4.78, 5) is 1.96. The number of alkyl halides is 1. The van der Waals surface area contributed by atoms with Crippen molar-refractivity contribution in [1.29, 1.82) is 0 Å². The average molecular weight is 230 g/mol. The smallest absolute Gasteiger partial charge is 0.146 e. The van der Waals surface area contributed by atoms with E-state index in [0.717, 1.165) is 18.7 Å². The van der Waals surface area contributed by atoms with Crippen molar-refractivity contribution in [3.05, 3.63) is 29.6 Å². The predicted octanol–water partition coefficient (Wildman–Crippen LogP) is 2.40. The molecule has 0 saturated carbocycles. The van der Waals surface area contributed by atoms with Crippen molar-refractivity contribution in [2.45, 2.75) is 12.0 Å². The molecule has 1 fully saturated rings. The molecule has 1 saturated heterocycles. The molecule has 1 aromatic carbocycles. The Morgan fingerprint density at radius 3 is 2.80 bits per heavy atom. The van der Waals surface area contributed by atoms with E-state index in [9.17, 15) is 4.39 Å². The zero-order valence-electron chi connectivity index (χ0n) is 8.54. The van der Waals surface area contributed by atoms with Gasteiger partial charge in [0.15, 0.2) is 0 Å². The van der Waals surface area contributed by atoms with Crippen LogP contribution in [0.3, 0.4) is 0 Å². The number of hydrogen-bond acceptors (Lipinski definition) is 2. The van der Waals surface area contributed by atoms with Gasteiger partial charge in [-0.2, -0.15) is 0 Å². The van der Waals surface area contributed by atoms with Gasteiger partial charge in [0, 0.05) is 26.1 Å². The zero-order chi connectivity index (χ0) is 10.8. The molecule has 4 heteroatoms. The third-order valence-electron chi connectivity index (χ3n) is 2.69. The highest BCUT2D eigenvalue weighted by Crippen LogP contribution is 2.26. The van der Waals surface area contributed by atoms with Gasteiger partial charge in [-0.25, -0.2) is 4.39 Å². The van der Waals surface area contributed by atoms with Crippen LogP contribution in [0, 0.1) is 5.82 Å². The molecule has 2 rings (SSSR count). The van der Waals surface area contributed by atoms with E-state index < -0.39 is 0 Å². The lowest BCUT2D eigenvalue weighted by Gasteiger charge is -2.40.